The monoisotopic (exact) mass is 341 g/mol. The maximum atomic E-state index is 14.3. The Bertz CT molecular complexity index is 741. The van der Waals surface area contributed by atoms with Gasteiger partial charge >= 0.3 is 0 Å². The Morgan fingerprint density at radius 2 is 2.00 bits per heavy atom. The van der Waals surface area contributed by atoms with Crippen LogP contribution in [0.15, 0.2) is 47.5 Å². The van der Waals surface area contributed by atoms with Gasteiger partial charge in [0.05, 0.1) is 13.2 Å². The van der Waals surface area contributed by atoms with Crippen LogP contribution in [0, 0.1) is 11.7 Å². The number of nitrogens with zero attached hydrogens (tertiary/aromatic N) is 1. The van der Waals surface area contributed by atoms with Crippen LogP contribution in [0.5, 0.6) is 5.75 Å². The van der Waals surface area contributed by atoms with Gasteiger partial charge in [-0.3, -0.25) is 4.99 Å². The molecule has 1 aliphatic rings. The Hall–Kier alpha value is -2.56. The number of guanidine groups is 1. The van der Waals surface area contributed by atoms with Crippen LogP contribution in [-0.2, 0) is 6.42 Å². The second-order valence-corrected chi connectivity index (χ2v) is 6.61. The predicted octanol–water partition coefficient (Wildman–Crippen LogP) is 3.82. The van der Waals surface area contributed by atoms with Crippen molar-refractivity contribution in [2.24, 2.45) is 10.9 Å². The standard InChI is InChI=1S/C20H24FN3O/c1-14(2)13-25-18-8-5-16(19(21)12-18)11-15-3-6-17(7-4-15)24-20-22-9-10-23-20/h3-8,12,14H,9-11,13H2,1-2H3,(H2,22,23,24). The van der Waals surface area contributed by atoms with Gasteiger partial charge in [-0.05, 0) is 35.2 Å². The van der Waals surface area contributed by atoms with Crippen LogP contribution >= 0.6 is 0 Å². The third-order valence-corrected chi connectivity index (χ3v) is 3.89. The molecule has 0 unspecified atom stereocenters. The quantitative estimate of drug-likeness (QED) is 0.839. The predicted molar refractivity (Wildman–Crippen MR) is 99.9 cm³/mol. The molecule has 0 aliphatic carbocycles. The van der Waals surface area contributed by atoms with E-state index >= 15 is 0 Å². The molecule has 0 fully saturated rings. The Labute approximate surface area is 148 Å². The van der Waals surface area contributed by atoms with Gasteiger partial charge in [-0.25, -0.2) is 4.39 Å². The molecule has 0 amide bonds. The second kappa shape index (κ2) is 8.01. The first-order chi connectivity index (χ1) is 12.1. The lowest BCUT2D eigenvalue weighted by Gasteiger charge is -2.11. The van der Waals surface area contributed by atoms with Crippen LogP contribution in [0.2, 0.25) is 0 Å². The molecule has 2 N–H and O–H groups in total. The van der Waals surface area contributed by atoms with Crippen molar-refractivity contribution in [3.8, 4) is 5.75 Å². The summed E-state index contributed by atoms with van der Waals surface area (Å²) in [6, 6.07) is 13.1. The van der Waals surface area contributed by atoms with Gasteiger partial charge in [0, 0.05) is 24.7 Å². The highest BCUT2D eigenvalue weighted by atomic mass is 19.1. The first-order valence-electron chi connectivity index (χ1n) is 8.65. The number of anilines is 1. The van der Waals surface area contributed by atoms with Gasteiger partial charge in [0.25, 0.3) is 0 Å². The molecule has 0 bridgehead atoms. The third-order valence-electron chi connectivity index (χ3n) is 3.89. The van der Waals surface area contributed by atoms with Crippen LogP contribution in [0.3, 0.4) is 0 Å². The fraction of sp³-hybridized carbons (Fsp3) is 0.350. The van der Waals surface area contributed by atoms with Gasteiger partial charge in [-0.1, -0.05) is 32.0 Å². The Kier molecular flexibility index (Phi) is 5.53. The van der Waals surface area contributed by atoms with Crippen molar-refractivity contribution < 1.29 is 9.13 Å². The molecule has 0 radical (unpaired) electrons. The van der Waals surface area contributed by atoms with Gasteiger partial charge in [-0.15, -0.1) is 0 Å². The summed E-state index contributed by atoms with van der Waals surface area (Å²) >= 11 is 0. The summed E-state index contributed by atoms with van der Waals surface area (Å²) < 4.78 is 19.9. The molecule has 5 heteroatoms. The summed E-state index contributed by atoms with van der Waals surface area (Å²) in [4.78, 5) is 4.30. The Morgan fingerprint density at radius 1 is 1.20 bits per heavy atom. The van der Waals surface area contributed by atoms with Gasteiger partial charge in [0.15, 0.2) is 5.96 Å². The molecule has 2 aromatic rings. The number of nitrogens with one attached hydrogen (secondary N) is 2. The van der Waals surface area contributed by atoms with E-state index in [1.807, 2.05) is 30.3 Å². The van der Waals surface area contributed by atoms with Gasteiger partial charge in [0.2, 0.25) is 0 Å². The van der Waals surface area contributed by atoms with Crippen molar-refractivity contribution >= 4 is 11.6 Å². The van der Waals surface area contributed by atoms with Crippen LogP contribution in [-0.4, -0.2) is 25.7 Å². The van der Waals surface area contributed by atoms with Gasteiger partial charge < -0.3 is 15.4 Å². The van der Waals surface area contributed by atoms with E-state index in [2.05, 4.69) is 29.5 Å². The number of halogens is 1. The third kappa shape index (κ3) is 4.95. The van der Waals surface area contributed by atoms with Crippen molar-refractivity contribution in [1.29, 1.82) is 0 Å². The van der Waals surface area contributed by atoms with Crippen molar-refractivity contribution in [2.75, 3.05) is 25.0 Å². The second-order valence-electron chi connectivity index (χ2n) is 6.61. The van der Waals surface area contributed by atoms with Crippen molar-refractivity contribution in [3.05, 3.63) is 59.4 Å². The van der Waals surface area contributed by atoms with E-state index in [0.29, 0.717) is 30.3 Å². The topological polar surface area (TPSA) is 45.6 Å². The zero-order valence-corrected chi connectivity index (χ0v) is 14.7. The number of ether oxygens (including phenoxy) is 1. The molecule has 0 aromatic heterocycles. The highest BCUT2D eigenvalue weighted by molar-refractivity contribution is 5.94. The zero-order valence-electron chi connectivity index (χ0n) is 14.7. The summed E-state index contributed by atoms with van der Waals surface area (Å²) in [5.74, 6) is 1.57. The molecule has 25 heavy (non-hydrogen) atoms. The molecular formula is C20H24FN3O. The highest BCUT2D eigenvalue weighted by Gasteiger charge is 2.08. The SMILES string of the molecule is CC(C)COc1ccc(Cc2ccc(NC3=NCCN3)cc2)c(F)c1. The molecule has 1 heterocycles. The number of rotatable bonds is 6. The molecule has 3 rings (SSSR count). The average Bonchev–Trinajstić information content (AvgIpc) is 3.10. The van der Waals surface area contributed by atoms with E-state index in [0.717, 1.165) is 30.3 Å². The molecule has 2 aromatic carbocycles. The number of benzene rings is 2. The molecule has 4 nitrogen and oxygen atoms in total. The molecule has 0 atom stereocenters. The van der Waals surface area contributed by atoms with Crippen LogP contribution in [0.4, 0.5) is 10.1 Å². The van der Waals surface area contributed by atoms with Crippen LogP contribution < -0.4 is 15.4 Å². The molecule has 0 saturated carbocycles. The normalized spacial score (nSPS) is 13.5. The van der Waals surface area contributed by atoms with Crippen LogP contribution in [0.1, 0.15) is 25.0 Å². The minimum absolute atomic E-state index is 0.229. The summed E-state index contributed by atoms with van der Waals surface area (Å²) in [7, 11) is 0. The minimum atomic E-state index is -0.229. The summed E-state index contributed by atoms with van der Waals surface area (Å²) in [6.07, 6.45) is 0.551. The fourth-order valence-corrected chi connectivity index (χ4v) is 2.57. The van der Waals surface area contributed by atoms with E-state index in [1.54, 1.807) is 6.07 Å². The van der Waals surface area contributed by atoms with E-state index in [-0.39, 0.29) is 5.82 Å². The summed E-state index contributed by atoms with van der Waals surface area (Å²) in [5.41, 5.74) is 2.69. The molecule has 132 valence electrons. The van der Waals surface area contributed by atoms with Crippen LogP contribution in [0.25, 0.3) is 0 Å². The lowest BCUT2D eigenvalue weighted by atomic mass is 10.0. The summed E-state index contributed by atoms with van der Waals surface area (Å²) in [6.45, 7) is 6.40. The zero-order chi connectivity index (χ0) is 17.6. The van der Waals surface area contributed by atoms with E-state index < -0.39 is 0 Å². The molecular weight excluding hydrogens is 317 g/mol. The maximum Gasteiger partial charge on any atom is 0.195 e. The average molecular weight is 341 g/mol. The van der Waals surface area contributed by atoms with E-state index in [9.17, 15) is 4.39 Å². The van der Waals surface area contributed by atoms with Gasteiger partial charge in [0.1, 0.15) is 11.6 Å². The smallest absolute Gasteiger partial charge is 0.195 e. The largest absolute Gasteiger partial charge is 0.493 e. The molecule has 0 saturated heterocycles. The Balaban J connectivity index is 1.61. The highest BCUT2D eigenvalue weighted by Crippen LogP contribution is 2.21. The number of hydrogen-bond acceptors (Lipinski definition) is 4. The fourth-order valence-electron chi connectivity index (χ4n) is 2.57. The van der Waals surface area contributed by atoms with Crippen molar-refractivity contribution in [1.82, 2.24) is 5.32 Å². The van der Waals surface area contributed by atoms with E-state index in [4.69, 9.17) is 4.74 Å². The molecule has 0 spiro atoms. The van der Waals surface area contributed by atoms with Gasteiger partial charge in [-0.2, -0.15) is 0 Å². The van der Waals surface area contributed by atoms with E-state index in [1.165, 1.54) is 6.07 Å². The van der Waals surface area contributed by atoms with Crippen molar-refractivity contribution in [3.63, 3.8) is 0 Å². The lowest BCUT2D eigenvalue weighted by Crippen LogP contribution is -2.26. The Morgan fingerprint density at radius 3 is 2.64 bits per heavy atom. The van der Waals surface area contributed by atoms with Crippen molar-refractivity contribution in [2.45, 2.75) is 20.3 Å². The molecule has 1 aliphatic heterocycles. The maximum absolute atomic E-state index is 14.3. The lowest BCUT2D eigenvalue weighted by molar-refractivity contribution is 0.270. The summed E-state index contributed by atoms with van der Waals surface area (Å²) in [5, 5.41) is 6.39. The number of aliphatic imine (C=N–C) groups is 1. The number of hydrogen-bond donors (Lipinski definition) is 2. The minimum Gasteiger partial charge on any atom is -0.493 e. The first kappa shape index (κ1) is 17.3. The first-order valence-corrected chi connectivity index (χ1v) is 8.65.